The van der Waals surface area contributed by atoms with Gasteiger partial charge in [-0.25, -0.2) is 15.0 Å². The number of nitrogens with two attached hydrogens (primary N) is 1. The zero-order valence-corrected chi connectivity index (χ0v) is 8.79. The molecule has 0 aromatic carbocycles. The molecular formula is C10H11N5O. The summed E-state index contributed by atoms with van der Waals surface area (Å²) in [4.78, 5) is 23.7. The molecule has 6 nitrogen and oxygen atoms in total. The third-order valence-corrected chi connectivity index (χ3v) is 2.25. The SMILES string of the molecule is Cn1c(CN)nc(-c2ccncn2)cc1=O. The van der Waals surface area contributed by atoms with E-state index in [1.165, 1.54) is 17.0 Å². The van der Waals surface area contributed by atoms with Crippen molar-refractivity contribution in [1.82, 2.24) is 19.5 Å². The second kappa shape index (κ2) is 4.19. The van der Waals surface area contributed by atoms with Crippen LogP contribution in [0.15, 0.2) is 29.5 Å². The van der Waals surface area contributed by atoms with Gasteiger partial charge < -0.3 is 5.73 Å². The van der Waals surface area contributed by atoms with Crippen molar-refractivity contribution in [3.63, 3.8) is 0 Å². The summed E-state index contributed by atoms with van der Waals surface area (Å²) in [5.41, 5.74) is 6.50. The minimum Gasteiger partial charge on any atom is -0.324 e. The van der Waals surface area contributed by atoms with Gasteiger partial charge in [-0.1, -0.05) is 0 Å². The lowest BCUT2D eigenvalue weighted by molar-refractivity contribution is 0.728. The molecule has 0 saturated carbocycles. The Labute approximate surface area is 91.8 Å². The monoisotopic (exact) mass is 217 g/mol. The predicted molar refractivity (Wildman–Crippen MR) is 58.4 cm³/mol. The van der Waals surface area contributed by atoms with Gasteiger partial charge in [-0.05, 0) is 6.07 Å². The minimum absolute atomic E-state index is 0.149. The van der Waals surface area contributed by atoms with Crippen molar-refractivity contribution >= 4 is 0 Å². The summed E-state index contributed by atoms with van der Waals surface area (Å²) in [5, 5.41) is 0. The van der Waals surface area contributed by atoms with E-state index in [4.69, 9.17) is 5.73 Å². The van der Waals surface area contributed by atoms with E-state index in [0.29, 0.717) is 17.2 Å². The van der Waals surface area contributed by atoms with Gasteiger partial charge in [0.25, 0.3) is 5.56 Å². The molecule has 2 N–H and O–H groups in total. The molecule has 0 radical (unpaired) electrons. The van der Waals surface area contributed by atoms with E-state index in [9.17, 15) is 4.79 Å². The van der Waals surface area contributed by atoms with Gasteiger partial charge in [0, 0.05) is 19.3 Å². The molecule has 0 aliphatic rings. The van der Waals surface area contributed by atoms with Crippen molar-refractivity contribution in [2.45, 2.75) is 6.54 Å². The highest BCUT2D eigenvalue weighted by molar-refractivity contribution is 5.52. The van der Waals surface area contributed by atoms with Crippen molar-refractivity contribution in [3.8, 4) is 11.4 Å². The number of nitrogens with zero attached hydrogens (tertiary/aromatic N) is 4. The Kier molecular flexibility index (Phi) is 2.74. The van der Waals surface area contributed by atoms with E-state index in [0.717, 1.165) is 0 Å². The van der Waals surface area contributed by atoms with Gasteiger partial charge >= 0.3 is 0 Å². The maximum absolute atomic E-state index is 11.6. The molecule has 0 unspecified atom stereocenters. The van der Waals surface area contributed by atoms with Gasteiger partial charge in [-0.3, -0.25) is 9.36 Å². The zero-order valence-electron chi connectivity index (χ0n) is 8.79. The highest BCUT2D eigenvalue weighted by atomic mass is 16.1. The third-order valence-electron chi connectivity index (χ3n) is 2.25. The Morgan fingerprint density at radius 2 is 2.25 bits per heavy atom. The Hall–Kier alpha value is -2.08. The quantitative estimate of drug-likeness (QED) is 0.746. The lowest BCUT2D eigenvalue weighted by atomic mass is 10.3. The first kappa shape index (κ1) is 10.4. The van der Waals surface area contributed by atoms with Crippen molar-refractivity contribution in [2.75, 3.05) is 0 Å². The molecule has 0 bridgehead atoms. The maximum Gasteiger partial charge on any atom is 0.253 e. The summed E-state index contributed by atoms with van der Waals surface area (Å²) >= 11 is 0. The van der Waals surface area contributed by atoms with E-state index < -0.39 is 0 Å². The molecule has 2 rings (SSSR count). The fraction of sp³-hybridized carbons (Fsp3) is 0.200. The molecule has 0 saturated heterocycles. The lowest BCUT2D eigenvalue weighted by Gasteiger charge is -2.06. The van der Waals surface area contributed by atoms with Crippen LogP contribution in [0.25, 0.3) is 11.4 Å². The average molecular weight is 217 g/mol. The summed E-state index contributed by atoms with van der Waals surface area (Å²) in [6.45, 7) is 0.213. The van der Waals surface area contributed by atoms with Crippen LogP contribution >= 0.6 is 0 Å². The molecule has 0 fully saturated rings. The van der Waals surface area contributed by atoms with Crippen molar-refractivity contribution in [2.24, 2.45) is 12.8 Å². The van der Waals surface area contributed by atoms with Gasteiger partial charge in [0.1, 0.15) is 12.2 Å². The number of rotatable bonds is 2. The van der Waals surface area contributed by atoms with Crippen LogP contribution in [0.2, 0.25) is 0 Å². The van der Waals surface area contributed by atoms with Crippen LogP contribution < -0.4 is 11.3 Å². The van der Waals surface area contributed by atoms with E-state index in [1.807, 2.05) is 0 Å². The largest absolute Gasteiger partial charge is 0.324 e. The summed E-state index contributed by atoms with van der Waals surface area (Å²) in [5.74, 6) is 0.529. The normalized spacial score (nSPS) is 10.4. The summed E-state index contributed by atoms with van der Waals surface area (Å²) in [7, 11) is 1.64. The summed E-state index contributed by atoms with van der Waals surface area (Å²) < 4.78 is 1.42. The Morgan fingerprint density at radius 3 is 2.88 bits per heavy atom. The minimum atomic E-state index is -0.149. The van der Waals surface area contributed by atoms with Crippen LogP contribution in [0.1, 0.15) is 5.82 Å². The molecule has 0 amide bonds. The van der Waals surface area contributed by atoms with Crippen LogP contribution in [0.5, 0.6) is 0 Å². The number of hydrogen-bond acceptors (Lipinski definition) is 5. The second-order valence-corrected chi connectivity index (χ2v) is 3.25. The fourth-order valence-corrected chi connectivity index (χ4v) is 1.34. The number of hydrogen-bond donors (Lipinski definition) is 1. The van der Waals surface area contributed by atoms with E-state index in [-0.39, 0.29) is 12.1 Å². The van der Waals surface area contributed by atoms with E-state index in [2.05, 4.69) is 15.0 Å². The first-order valence-corrected chi connectivity index (χ1v) is 4.76. The average Bonchev–Trinajstić information content (AvgIpc) is 2.33. The lowest BCUT2D eigenvalue weighted by Crippen LogP contribution is -2.23. The van der Waals surface area contributed by atoms with Crippen molar-refractivity contribution in [3.05, 3.63) is 40.8 Å². The summed E-state index contributed by atoms with van der Waals surface area (Å²) in [6, 6.07) is 3.13. The molecular weight excluding hydrogens is 206 g/mol. The first-order valence-electron chi connectivity index (χ1n) is 4.76. The van der Waals surface area contributed by atoms with E-state index >= 15 is 0 Å². The molecule has 2 aromatic rings. The van der Waals surface area contributed by atoms with E-state index in [1.54, 1.807) is 19.3 Å². The fourth-order valence-electron chi connectivity index (χ4n) is 1.34. The molecule has 2 aromatic heterocycles. The Morgan fingerprint density at radius 1 is 1.44 bits per heavy atom. The summed E-state index contributed by atoms with van der Waals surface area (Å²) in [6.07, 6.45) is 3.01. The molecule has 82 valence electrons. The van der Waals surface area contributed by atoms with Crippen LogP contribution in [0.3, 0.4) is 0 Å². The molecule has 6 heteroatoms. The maximum atomic E-state index is 11.6. The number of aromatic nitrogens is 4. The van der Waals surface area contributed by atoms with Gasteiger partial charge in [-0.2, -0.15) is 0 Å². The standard InChI is InChI=1S/C10H11N5O/c1-15-9(5-11)14-8(4-10(15)16)7-2-3-12-6-13-7/h2-4,6H,5,11H2,1H3. The molecule has 0 atom stereocenters. The third kappa shape index (κ3) is 1.82. The predicted octanol–water partition coefficient (Wildman–Crippen LogP) is -0.304. The Bertz CT molecular complexity index is 549. The van der Waals surface area contributed by atoms with Crippen LogP contribution in [-0.2, 0) is 13.6 Å². The molecule has 0 aliphatic heterocycles. The molecule has 0 aliphatic carbocycles. The van der Waals surface area contributed by atoms with Gasteiger partial charge in [0.2, 0.25) is 0 Å². The van der Waals surface area contributed by atoms with Gasteiger partial charge in [-0.15, -0.1) is 0 Å². The highest BCUT2D eigenvalue weighted by Crippen LogP contribution is 2.10. The molecule has 0 spiro atoms. The second-order valence-electron chi connectivity index (χ2n) is 3.25. The topological polar surface area (TPSA) is 86.7 Å². The Balaban J connectivity index is 2.60. The highest BCUT2D eigenvalue weighted by Gasteiger charge is 2.06. The van der Waals surface area contributed by atoms with Gasteiger partial charge in [0.05, 0.1) is 17.9 Å². The molecule has 16 heavy (non-hydrogen) atoms. The smallest absolute Gasteiger partial charge is 0.253 e. The van der Waals surface area contributed by atoms with Crippen molar-refractivity contribution < 1.29 is 0 Å². The zero-order chi connectivity index (χ0) is 11.5. The van der Waals surface area contributed by atoms with Crippen LogP contribution in [0, 0.1) is 0 Å². The molecule has 2 heterocycles. The van der Waals surface area contributed by atoms with Crippen LogP contribution in [0.4, 0.5) is 0 Å². The van der Waals surface area contributed by atoms with Crippen LogP contribution in [-0.4, -0.2) is 19.5 Å². The van der Waals surface area contributed by atoms with Crippen molar-refractivity contribution in [1.29, 1.82) is 0 Å². The first-order chi connectivity index (χ1) is 7.72. The van der Waals surface area contributed by atoms with Gasteiger partial charge in [0.15, 0.2) is 0 Å².